The Bertz CT molecular complexity index is 371. The van der Waals surface area contributed by atoms with Gasteiger partial charge in [0.05, 0.1) is 0 Å². The van der Waals surface area contributed by atoms with Crippen LogP contribution in [0.1, 0.15) is 41.0 Å². The SMILES string of the molecule is CCC(C)N1CCN(C(=O)N(CC(=O)O)C(C)(C)C)CC1. The van der Waals surface area contributed by atoms with Crippen LogP contribution >= 0.6 is 0 Å². The summed E-state index contributed by atoms with van der Waals surface area (Å²) < 4.78 is 0. The van der Waals surface area contributed by atoms with Gasteiger partial charge in [-0.15, -0.1) is 0 Å². The molecule has 1 aliphatic heterocycles. The molecule has 0 radical (unpaired) electrons. The molecule has 0 aromatic carbocycles. The molecule has 6 heteroatoms. The number of carboxylic acids is 1. The normalized spacial score (nSPS) is 18.4. The maximum Gasteiger partial charge on any atom is 0.323 e. The number of aliphatic carboxylic acids is 1. The number of carbonyl (C=O) groups excluding carboxylic acids is 1. The topological polar surface area (TPSA) is 64.1 Å². The Morgan fingerprint density at radius 2 is 1.71 bits per heavy atom. The first kappa shape index (κ1) is 17.8. The van der Waals surface area contributed by atoms with Crippen LogP contribution in [0.25, 0.3) is 0 Å². The third-order valence-electron chi connectivity index (χ3n) is 4.13. The molecule has 0 aromatic heterocycles. The van der Waals surface area contributed by atoms with Crippen LogP contribution in [0.5, 0.6) is 0 Å². The van der Waals surface area contributed by atoms with E-state index < -0.39 is 11.5 Å². The third kappa shape index (κ3) is 4.88. The van der Waals surface area contributed by atoms with Crippen LogP contribution in [0.3, 0.4) is 0 Å². The van der Waals surface area contributed by atoms with Crippen LogP contribution in [0.15, 0.2) is 0 Å². The lowest BCUT2D eigenvalue weighted by Gasteiger charge is -2.42. The van der Waals surface area contributed by atoms with E-state index >= 15 is 0 Å². The molecule has 1 rings (SSSR count). The summed E-state index contributed by atoms with van der Waals surface area (Å²) in [6, 6.07) is 0.355. The molecule has 1 heterocycles. The van der Waals surface area contributed by atoms with Gasteiger partial charge in [0.25, 0.3) is 0 Å². The summed E-state index contributed by atoms with van der Waals surface area (Å²) in [4.78, 5) is 29.2. The van der Waals surface area contributed by atoms with Crippen molar-refractivity contribution in [2.45, 2.75) is 52.6 Å². The number of rotatable bonds is 4. The van der Waals surface area contributed by atoms with E-state index in [1.807, 2.05) is 20.8 Å². The Morgan fingerprint density at radius 3 is 2.10 bits per heavy atom. The van der Waals surface area contributed by atoms with Crippen molar-refractivity contribution < 1.29 is 14.7 Å². The highest BCUT2D eigenvalue weighted by atomic mass is 16.4. The molecule has 1 unspecified atom stereocenters. The Hall–Kier alpha value is -1.30. The van der Waals surface area contributed by atoms with E-state index in [-0.39, 0.29) is 12.6 Å². The zero-order valence-electron chi connectivity index (χ0n) is 13.9. The molecule has 0 aromatic rings. The summed E-state index contributed by atoms with van der Waals surface area (Å²) in [5.74, 6) is -0.975. The van der Waals surface area contributed by atoms with Gasteiger partial charge in [0.15, 0.2) is 0 Å². The molecule has 0 saturated carbocycles. The first-order valence-corrected chi connectivity index (χ1v) is 7.69. The lowest BCUT2D eigenvalue weighted by atomic mass is 10.1. The van der Waals surface area contributed by atoms with Crippen molar-refractivity contribution in [3.05, 3.63) is 0 Å². The first-order chi connectivity index (χ1) is 9.66. The van der Waals surface area contributed by atoms with Crippen molar-refractivity contribution in [3.63, 3.8) is 0 Å². The number of hydrogen-bond acceptors (Lipinski definition) is 3. The van der Waals surface area contributed by atoms with Crippen LogP contribution < -0.4 is 0 Å². The number of urea groups is 1. The fraction of sp³-hybridized carbons (Fsp3) is 0.867. The highest BCUT2D eigenvalue weighted by Crippen LogP contribution is 2.17. The summed E-state index contributed by atoms with van der Waals surface area (Å²) in [5, 5.41) is 9.02. The van der Waals surface area contributed by atoms with Crippen LogP contribution in [-0.4, -0.2) is 76.1 Å². The molecule has 2 amide bonds. The zero-order chi connectivity index (χ0) is 16.2. The Kier molecular flexibility index (Phi) is 6.01. The number of carboxylic acid groups (broad SMARTS) is 1. The van der Waals surface area contributed by atoms with Gasteiger partial charge < -0.3 is 14.9 Å². The van der Waals surface area contributed by atoms with E-state index in [2.05, 4.69) is 18.7 Å². The van der Waals surface area contributed by atoms with Gasteiger partial charge in [0.2, 0.25) is 0 Å². The molecule has 1 aliphatic rings. The van der Waals surface area contributed by atoms with E-state index in [1.165, 1.54) is 4.90 Å². The quantitative estimate of drug-likeness (QED) is 0.858. The summed E-state index contributed by atoms with van der Waals surface area (Å²) in [7, 11) is 0. The predicted octanol–water partition coefficient (Wildman–Crippen LogP) is 1.71. The molecule has 6 nitrogen and oxygen atoms in total. The monoisotopic (exact) mass is 299 g/mol. The second-order valence-corrected chi connectivity index (χ2v) is 6.71. The maximum atomic E-state index is 12.6. The number of piperazine rings is 1. The summed E-state index contributed by atoms with van der Waals surface area (Å²) in [6.07, 6.45) is 1.10. The molecule has 1 fully saturated rings. The van der Waals surface area contributed by atoms with E-state index in [4.69, 9.17) is 5.11 Å². The van der Waals surface area contributed by atoms with Crippen LogP contribution in [0.4, 0.5) is 4.79 Å². The average Bonchev–Trinajstić information content (AvgIpc) is 2.42. The number of carbonyl (C=O) groups is 2. The van der Waals surface area contributed by atoms with Crippen molar-refractivity contribution in [2.24, 2.45) is 0 Å². The first-order valence-electron chi connectivity index (χ1n) is 7.69. The molecule has 1 saturated heterocycles. The smallest absolute Gasteiger partial charge is 0.323 e. The fourth-order valence-electron chi connectivity index (χ4n) is 2.51. The molecule has 21 heavy (non-hydrogen) atoms. The van der Waals surface area contributed by atoms with Crippen molar-refractivity contribution in [3.8, 4) is 0 Å². The molecule has 0 bridgehead atoms. The van der Waals surface area contributed by atoms with Gasteiger partial charge >= 0.3 is 12.0 Å². The standard InChI is InChI=1S/C15H29N3O3/c1-6-12(2)16-7-9-17(10-8-16)14(21)18(11-13(19)20)15(3,4)5/h12H,6-11H2,1-5H3,(H,19,20). The van der Waals surface area contributed by atoms with Gasteiger partial charge in [-0.1, -0.05) is 6.92 Å². The van der Waals surface area contributed by atoms with Gasteiger partial charge in [-0.3, -0.25) is 9.69 Å². The van der Waals surface area contributed by atoms with Crippen molar-refractivity contribution in [2.75, 3.05) is 32.7 Å². The largest absolute Gasteiger partial charge is 0.480 e. The van der Waals surface area contributed by atoms with E-state index in [1.54, 1.807) is 4.90 Å². The second kappa shape index (κ2) is 7.11. The minimum Gasteiger partial charge on any atom is -0.480 e. The minimum absolute atomic E-state index is 0.172. The Balaban J connectivity index is 2.68. The van der Waals surface area contributed by atoms with E-state index in [9.17, 15) is 9.59 Å². The molecule has 0 spiro atoms. The van der Waals surface area contributed by atoms with E-state index in [0.29, 0.717) is 19.1 Å². The molecule has 122 valence electrons. The Labute approximate surface area is 127 Å². The molecule has 1 N–H and O–H groups in total. The summed E-state index contributed by atoms with van der Waals surface area (Å²) in [5.41, 5.74) is -0.497. The summed E-state index contributed by atoms with van der Waals surface area (Å²) in [6.45, 7) is 12.7. The van der Waals surface area contributed by atoms with Crippen molar-refractivity contribution in [1.29, 1.82) is 0 Å². The van der Waals surface area contributed by atoms with Gasteiger partial charge in [-0.2, -0.15) is 0 Å². The number of hydrogen-bond donors (Lipinski definition) is 1. The van der Waals surface area contributed by atoms with Crippen molar-refractivity contribution >= 4 is 12.0 Å². The van der Waals surface area contributed by atoms with Gasteiger partial charge in [0.1, 0.15) is 6.54 Å². The number of nitrogens with zero attached hydrogens (tertiary/aromatic N) is 3. The van der Waals surface area contributed by atoms with Crippen molar-refractivity contribution in [1.82, 2.24) is 14.7 Å². The van der Waals surface area contributed by atoms with E-state index in [0.717, 1.165) is 19.5 Å². The Morgan fingerprint density at radius 1 is 1.19 bits per heavy atom. The van der Waals surface area contributed by atoms with Gasteiger partial charge in [-0.25, -0.2) is 4.79 Å². The molecular formula is C15H29N3O3. The van der Waals surface area contributed by atoms with Crippen LogP contribution in [-0.2, 0) is 4.79 Å². The molecule has 1 atom stereocenters. The van der Waals surface area contributed by atoms with Crippen LogP contribution in [0, 0.1) is 0 Å². The van der Waals surface area contributed by atoms with Gasteiger partial charge in [-0.05, 0) is 34.1 Å². The summed E-state index contributed by atoms with van der Waals surface area (Å²) >= 11 is 0. The highest BCUT2D eigenvalue weighted by molar-refractivity contribution is 5.81. The zero-order valence-corrected chi connectivity index (χ0v) is 13.9. The highest BCUT2D eigenvalue weighted by Gasteiger charge is 2.33. The van der Waals surface area contributed by atoms with Gasteiger partial charge in [0, 0.05) is 37.8 Å². The lowest BCUT2D eigenvalue weighted by molar-refractivity contribution is -0.138. The average molecular weight is 299 g/mol. The maximum absolute atomic E-state index is 12.6. The third-order valence-corrected chi connectivity index (χ3v) is 4.13. The minimum atomic E-state index is -0.975. The molecular weight excluding hydrogens is 270 g/mol. The van der Waals surface area contributed by atoms with Crippen LogP contribution in [0.2, 0.25) is 0 Å². The predicted molar refractivity (Wildman–Crippen MR) is 82.4 cm³/mol. The molecule has 0 aliphatic carbocycles. The second-order valence-electron chi connectivity index (χ2n) is 6.71. The lowest BCUT2D eigenvalue weighted by Crippen LogP contribution is -2.58. The number of amides is 2. The fourth-order valence-corrected chi connectivity index (χ4v) is 2.51.